The Labute approximate surface area is 68.4 Å². The second-order valence-electron chi connectivity index (χ2n) is 2.98. The Morgan fingerprint density at radius 1 is 1.75 bits per heavy atom. The van der Waals surface area contributed by atoms with E-state index in [4.69, 9.17) is 0 Å². The number of H-pyrrole nitrogens is 1. The Balaban J connectivity index is 2.53. The first-order valence-corrected chi connectivity index (χ1v) is 3.86. The highest BCUT2D eigenvalue weighted by Crippen LogP contribution is 2.21. The minimum Gasteiger partial charge on any atom is -0.298 e. The van der Waals surface area contributed by atoms with Crippen LogP contribution >= 0.6 is 0 Å². The molecule has 0 spiro atoms. The molecule has 0 amide bonds. The molecule has 2 rings (SSSR count). The van der Waals surface area contributed by atoms with Gasteiger partial charge in [0.15, 0.2) is 5.78 Å². The number of hydrogen-bond donors (Lipinski definition) is 1. The van der Waals surface area contributed by atoms with Gasteiger partial charge < -0.3 is 0 Å². The van der Waals surface area contributed by atoms with Crippen molar-refractivity contribution in [3.05, 3.63) is 16.3 Å². The number of ketones is 1. The molecule has 0 radical (unpaired) electrons. The molecule has 1 unspecified atom stereocenters. The summed E-state index contributed by atoms with van der Waals surface area (Å²) < 4.78 is 1.45. The summed E-state index contributed by atoms with van der Waals surface area (Å²) in [4.78, 5) is 22.2. The maximum absolute atomic E-state index is 11.1. The number of fused-ring (bicyclic) bond motifs is 1. The standard InChI is InChI=1S/C7H9N3O2/c1-4(11)5-2-3-6-8-9-7(12)10(5)6/h5H,2-3H2,1H3,(H,9,12). The van der Waals surface area contributed by atoms with Crippen LogP contribution in [0.15, 0.2) is 4.79 Å². The van der Waals surface area contributed by atoms with Gasteiger partial charge in [-0.3, -0.25) is 9.36 Å². The lowest BCUT2D eigenvalue weighted by molar-refractivity contribution is -0.119. The molecule has 0 fully saturated rings. The molecule has 12 heavy (non-hydrogen) atoms. The normalized spacial score (nSPS) is 20.9. The first-order valence-electron chi connectivity index (χ1n) is 3.86. The van der Waals surface area contributed by atoms with Crippen molar-refractivity contribution in [3.63, 3.8) is 0 Å². The summed E-state index contributed by atoms with van der Waals surface area (Å²) in [6, 6.07) is -0.286. The van der Waals surface area contributed by atoms with Gasteiger partial charge in [0.1, 0.15) is 5.82 Å². The van der Waals surface area contributed by atoms with E-state index in [0.29, 0.717) is 18.7 Å². The Bertz CT molecular complexity index is 376. The molecule has 64 valence electrons. The van der Waals surface area contributed by atoms with Crippen LogP contribution in [0.3, 0.4) is 0 Å². The highest BCUT2D eigenvalue weighted by molar-refractivity contribution is 5.80. The third-order valence-electron chi connectivity index (χ3n) is 2.20. The van der Waals surface area contributed by atoms with Gasteiger partial charge >= 0.3 is 5.69 Å². The summed E-state index contributed by atoms with van der Waals surface area (Å²) >= 11 is 0. The third kappa shape index (κ3) is 0.823. The molecular formula is C7H9N3O2. The van der Waals surface area contributed by atoms with E-state index in [1.165, 1.54) is 11.5 Å². The summed E-state index contributed by atoms with van der Waals surface area (Å²) in [5, 5.41) is 6.13. The van der Waals surface area contributed by atoms with Crippen LogP contribution in [0.2, 0.25) is 0 Å². The van der Waals surface area contributed by atoms with E-state index >= 15 is 0 Å². The zero-order chi connectivity index (χ0) is 8.72. The molecule has 0 saturated carbocycles. The van der Waals surface area contributed by atoms with E-state index in [1.807, 2.05) is 0 Å². The van der Waals surface area contributed by atoms with Gasteiger partial charge in [0.05, 0.1) is 6.04 Å². The van der Waals surface area contributed by atoms with E-state index in [0.717, 1.165) is 0 Å². The van der Waals surface area contributed by atoms with Crippen molar-refractivity contribution in [2.24, 2.45) is 0 Å². The van der Waals surface area contributed by atoms with Crippen LogP contribution in [0.4, 0.5) is 0 Å². The molecule has 0 saturated heterocycles. The van der Waals surface area contributed by atoms with Crippen molar-refractivity contribution in [1.82, 2.24) is 14.8 Å². The largest absolute Gasteiger partial charge is 0.343 e. The van der Waals surface area contributed by atoms with Crippen LogP contribution < -0.4 is 5.69 Å². The highest BCUT2D eigenvalue weighted by atomic mass is 16.2. The fourth-order valence-electron chi connectivity index (χ4n) is 1.62. The fraction of sp³-hybridized carbons (Fsp3) is 0.571. The monoisotopic (exact) mass is 167 g/mol. The van der Waals surface area contributed by atoms with Gasteiger partial charge in [0.25, 0.3) is 0 Å². The van der Waals surface area contributed by atoms with Gasteiger partial charge in [-0.25, -0.2) is 9.89 Å². The Hall–Kier alpha value is -1.39. The summed E-state index contributed by atoms with van der Waals surface area (Å²) in [5.41, 5.74) is -0.275. The highest BCUT2D eigenvalue weighted by Gasteiger charge is 2.28. The fourth-order valence-corrected chi connectivity index (χ4v) is 1.62. The summed E-state index contributed by atoms with van der Waals surface area (Å²) in [5.74, 6) is 0.720. The number of aryl methyl sites for hydroxylation is 1. The van der Waals surface area contributed by atoms with Gasteiger partial charge in [-0.2, -0.15) is 5.10 Å². The topological polar surface area (TPSA) is 67.8 Å². The predicted octanol–water partition coefficient (Wildman–Crippen LogP) is -0.352. The summed E-state index contributed by atoms with van der Waals surface area (Å²) in [7, 11) is 0. The molecule has 0 bridgehead atoms. The number of Topliss-reactive ketones (excluding diaryl/α,β-unsaturated/α-hetero) is 1. The maximum atomic E-state index is 11.1. The van der Waals surface area contributed by atoms with Crippen molar-refractivity contribution in [2.75, 3.05) is 0 Å². The van der Waals surface area contributed by atoms with E-state index in [1.54, 1.807) is 0 Å². The first-order chi connectivity index (χ1) is 5.70. The predicted molar refractivity (Wildman–Crippen MR) is 40.9 cm³/mol. The zero-order valence-electron chi connectivity index (χ0n) is 6.70. The van der Waals surface area contributed by atoms with Gasteiger partial charge in [-0.1, -0.05) is 0 Å². The lowest BCUT2D eigenvalue weighted by Crippen LogP contribution is -2.24. The lowest BCUT2D eigenvalue weighted by atomic mass is 10.1. The van der Waals surface area contributed by atoms with Gasteiger partial charge in [0, 0.05) is 6.42 Å². The molecule has 1 aromatic rings. The second-order valence-corrected chi connectivity index (χ2v) is 2.98. The molecule has 0 aromatic carbocycles. The number of nitrogens with one attached hydrogen (secondary N) is 1. The second kappa shape index (κ2) is 2.30. The van der Waals surface area contributed by atoms with Crippen LogP contribution in [0.5, 0.6) is 0 Å². The smallest absolute Gasteiger partial charge is 0.298 e. The third-order valence-corrected chi connectivity index (χ3v) is 2.20. The number of rotatable bonds is 1. The minimum absolute atomic E-state index is 0.0252. The summed E-state index contributed by atoms with van der Waals surface area (Å²) in [6.45, 7) is 1.50. The minimum atomic E-state index is -0.286. The molecular weight excluding hydrogens is 158 g/mol. The summed E-state index contributed by atoms with van der Waals surface area (Å²) in [6.07, 6.45) is 1.42. The van der Waals surface area contributed by atoms with Crippen LogP contribution in [0.25, 0.3) is 0 Å². The van der Waals surface area contributed by atoms with E-state index < -0.39 is 0 Å². The van der Waals surface area contributed by atoms with E-state index in [2.05, 4.69) is 10.2 Å². The SMILES string of the molecule is CC(=O)C1CCc2n[nH]c(=O)n21. The van der Waals surface area contributed by atoms with E-state index in [-0.39, 0.29) is 17.5 Å². The molecule has 2 heterocycles. The van der Waals surface area contributed by atoms with Gasteiger partial charge in [-0.05, 0) is 13.3 Å². The molecule has 0 aliphatic carbocycles. The number of aromatic nitrogens is 3. The van der Waals surface area contributed by atoms with Crippen LogP contribution in [0, 0.1) is 0 Å². The van der Waals surface area contributed by atoms with Crippen LogP contribution in [-0.4, -0.2) is 20.5 Å². The first kappa shape index (κ1) is 7.27. The molecule has 5 heteroatoms. The lowest BCUT2D eigenvalue weighted by Gasteiger charge is -2.04. The van der Waals surface area contributed by atoms with Gasteiger partial charge in [-0.15, -0.1) is 0 Å². The van der Waals surface area contributed by atoms with E-state index in [9.17, 15) is 9.59 Å². The Kier molecular flexibility index (Phi) is 1.39. The number of nitrogens with zero attached hydrogens (tertiary/aromatic N) is 2. The van der Waals surface area contributed by atoms with Crippen molar-refractivity contribution >= 4 is 5.78 Å². The van der Waals surface area contributed by atoms with Crippen LogP contribution in [-0.2, 0) is 11.2 Å². The van der Waals surface area contributed by atoms with Crippen molar-refractivity contribution in [1.29, 1.82) is 0 Å². The number of carbonyl (C=O) groups excluding carboxylic acids is 1. The van der Waals surface area contributed by atoms with Crippen LogP contribution in [0.1, 0.15) is 25.2 Å². The van der Waals surface area contributed by atoms with Crippen molar-refractivity contribution in [2.45, 2.75) is 25.8 Å². The molecule has 1 aliphatic heterocycles. The molecule has 1 aliphatic rings. The quantitative estimate of drug-likeness (QED) is 0.621. The number of carbonyl (C=O) groups is 1. The molecule has 1 N–H and O–H groups in total. The molecule has 1 atom stereocenters. The maximum Gasteiger partial charge on any atom is 0.343 e. The average Bonchev–Trinajstić information content (AvgIpc) is 2.53. The number of aromatic amines is 1. The van der Waals surface area contributed by atoms with Crippen molar-refractivity contribution < 1.29 is 4.79 Å². The average molecular weight is 167 g/mol. The Morgan fingerprint density at radius 2 is 2.50 bits per heavy atom. The molecule has 5 nitrogen and oxygen atoms in total. The Morgan fingerprint density at radius 3 is 3.17 bits per heavy atom. The number of hydrogen-bond acceptors (Lipinski definition) is 3. The zero-order valence-corrected chi connectivity index (χ0v) is 6.70. The van der Waals surface area contributed by atoms with Crippen molar-refractivity contribution in [3.8, 4) is 0 Å². The molecule has 1 aromatic heterocycles. The van der Waals surface area contributed by atoms with Gasteiger partial charge in [0.2, 0.25) is 0 Å².